The van der Waals surface area contributed by atoms with Gasteiger partial charge in [0.2, 0.25) is 11.9 Å². The number of nitrogens with zero attached hydrogens (tertiary/aromatic N) is 3. The number of nitrogens with one attached hydrogen (secondary N) is 1. The first-order valence-corrected chi connectivity index (χ1v) is 6.36. The fraction of sp³-hybridized carbons (Fsp3) is 0.750. The summed E-state index contributed by atoms with van der Waals surface area (Å²) in [4.78, 5) is 12.3. The van der Waals surface area contributed by atoms with Crippen LogP contribution in [0.25, 0.3) is 0 Å². The number of aryl methyl sites for hydroxylation is 1. The molecule has 2 rings (SSSR count). The van der Waals surface area contributed by atoms with E-state index in [1.165, 1.54) is 32.1 Å². The molecule has 0 saturated heterocycles. The minimum absolute atomic E-state index is 0.289. The number of hydrogen-bond acceptors (Lipinski definition) is 5. The van der Waals surface area contributed by atoms with Crippen LogP contribution in [0.5, 0.6) is 0 Å². The van der Waals surface area contributed by atoms with Crippen LogP contribution in [-0.4, -0.2) is 21.5 Å². The maximum Gasteiger partial charge on any atom is 0.227 e. The van der Waals surface area contributed by atoms with Crippen molar-refractivity contribution in [2.45, 2.75) is 46.0 Å². The first kappa shape index (κ1) is 12.1. The van der Waals surface area contributed by atoms with Crippen molar-refractivity contribution in [2.24, 2.45) is 5.41 Å². The van der Waals surface area contributed by atoms with Gasteiger partial charge in [0, 0.05) is 6.54 Å². The molecule has 1 aliphatic carbocycles. The number of rotatable bonds is 4. The molecule has 5 nitrogen and oxygen atoms in total. The summed E-state index contributed by atoms with van der Waals surface area (Å²) in [5, 5.41) is 3.32. The molecule has 1 aliphatic rings. The zero-order valence-electron chi connectivity index (χ0n) is 10.7. The fourth-order valence-corrected chi connectivity index (χ4v) is 2.63. The van der Waals surface area contributed by atoms with E-state index in [4.69, 9.17) is 5.73 Å². The molecule has 3 N–H and O–H groups in total. The number of hydrogen-bond donors (Lipinski definition) is 2. The summed E-state index contributed by atoms with van der Waals surface area (Å²) in [6.07, 6.45) is 6.49. The molecule has 0 bridgehead atoms. The van der Waals surface area contributed by atoms with Crippen LogP contribution in [0.1, 0.15) is 44.9 Å². The van der Waals surface area contributed by atoms with Gasteiger partial charge in [-0.15, -0.1) is 0 Å². The van der Waals surface area contributed by atoms with E-state index in [0.717, 1.165) is 6.54 Å². The molecule has 17 heavy (non-hydrogen) atoms. The SMILES string of the molecule is CCC1(CNc2nc(C)nc(N)n2)CCCC1. The lowest BCUT2D eigenvalue weighted by atomic mass is 9.83. The Morgan fingerprint density at radius 1 is 1.24 bits per heavy atom. The molecule has 0 aliphatic heterocycles. The molecular weight excluding hydrogens is 214 g/mol. The summed E-state index contributed by atoms with van der Waals surface area (Å²) >= 11 is 0. The number of aromatic nitrogens is 3. The minimum Gasteiger partial charge on any atom is -0.368 e. The predicted molar refractivity (Wildman–Crippen MR) is 68.7 cm³/mol. The molecule has 1 aromatic rings. The maximum atomic E-state index is 5.61. The Morgan fingerprint density at radius 2 is 1.94 bits per heavy atom. The lowest BCUT2D eigenvalue weighted by Gasteiger charge is -2.27. The van der Waals surface area contributed by atoms with Crippen LogP contribution in [0.4, 0.5) is 11.9 Å². The Kier molecular flexibility index (Phi) is 3.45. The van der Waals surface area contributed by atoms with Gasteiger partial charge in [-0.25, -0.2) is 0 Å². The van der Waals surface area contributed by atoms with Crippen LogP contribution in [0.15, 0.2) is 0 Å². The van der Waals surface area contributed by atoms with Crippen LogP contribution in [0.3, 0.4) is 0 Å². The molecule has 1 heterocycles. The molecule has 1 aromatic heterocycles. The lowest BCUT2D eigenvalue weighted by molar-refractivity contribution is 0.306. The maximum absolute atomic E-state index is 5.61. The molecule has 0 spiro atoms. The largest absolute Gasteiger partial charge is 0.368 e. The third-order valence-electron chi connectivity index (χ3n) is 3.80. The van der Waals surface area contributed by atoms with Crippen LogP contribution >= 0.6 is 0 Å². The summed E-state index contributed by atoms with van der Waals surface area (Å²) in [7, 11) is 0. The zero-order valence-corrected chi connectivity index (χ0v) is 10.7. The van der Waals surface area contributed by atoms with Gasteiger partial charge in [0.05, 0.1) is 0 Å². The summed E-state index contributed by atoms with van der Waals surface area (Å²) in [6, 6.07) is 0. The highest BCUT2D eigenvalue weighted by atomic mass is 15.2. The van der Waals surface area contributed by atoms with E-state index >= 15 is 0 Å². The molecule has 94 valence electrons. The number of nitrogen functional groups attached to an aromatic ring is 1. The lowest BCUT2D eigenvalue weighted by Crippen LogP contribution is -2.26. The van der Waals surface area contributed by atoms with E-state index in [2.05, 4.69) is 27.2 Å². The average molecular weight is 235 g/mol. The minimum atomic E-state index is 0.289. The van der Waals surface area contributed by atoms with Gasteiger partial charge < -0.3 is 11.1 Å². The van der Waals surface area contributed by atoms with E-state index in [0.29, 0.717) is 17.2 Å². The van der Waals surface area contributed by atoms with Crippen molar-refractivity contribution in [1.29, 1.82) is 0 Å². The van der Waals surface area contributed by atoms with Crippen molar-refractivity contribution in [2.75, 3.05) is 17.6 Å². The molecule has 0 unspecified atom stereocenters. The second-order valence-corrected chi connectivity index (χ2v) is 4.98. The third-order valence-corrected chi connectivity index (χ3v) is 3.80. The van der Waals surface area contributed by atoms with E-state index in [-0.39, 0.29) is 5.95 Å². The molecule has 1 saturated carbocycles. The fourth-order valence-electron chi connectivity index (χ4n) is 2.63. The van der Waals surface area contributed by atoms with Crippen LogP contribution < -0.4 is 11.1 Å². The van der Waals surface area contributed by atoms with E-state index in [9.17, 15) is 0 Å². The van der Waals surface area contributed by atoms with Crippen LogP contribution in [-0.2, 0) is 0 Å². The van der Waals surface area contributed by atoms with Crippen LogP contribution in [0, 0.1) is 12.3 Å². The molecule has 0 radical (unpaired) electrons. The van der Waals surface area contributed by atoms with Gasteiger partial charge in [0.25, 0.3) is 0 Å². The molecular formula is C12H21N5. The van der Waals surface area contributed by atoms with Gasteiger partial charge in [-0.3, -0.25) is 0 Å². The first-order valence-electron chi connectivity index (χ1n) is 6.36. The van der Waals surface area contributed by atoms with Crippen molar-refractivity contribution in [3.8, 4) is 0 Å². The molecule has 0 amide bonds. The first-order chi connectivity index (χ1) is 8.13. The van der Waals surface area contributed by atoms with Gasteiger partial charge in [0.15, 0.2) is 0 Å². The molecule has 1 fully saturated rings. The van der Waals surface area contributed by atoms with Gasteiger partial charge in [-0.2, -0.15) is 15.0 Å². The highest BCUT2D eigenvalue weighted by Gasteiger charge is 2.31. The Bertz CT molecular complexity index is 364. The molecule has 0 aromatic carbocycles. The van der Waals surface area contributed by atoms with E-state index in [1.54, 1.807) is 0 Å². The standard InChI is InChI=1S/C12H21N5/c1-3-12(6-4-5-7-12)8-14-11-16-9(2)15-10(13)17-11/h3-8H2,1-2H3,(H3,13,14,15,16,17). The Morgan fingerprint density at radius 3 is 2.53 bits per heavy atom. The van der Waals surface area contributed by atoms with Gasteiger partial charge >= 0.3 is 0 Å². The topological polar surface area (TPSA) is 76.7 Å². The van der Waals surface area contributed by atoms with Gasteiger partial charge in [-0.1, -0.05) is 19.8 Å². The van der Waals surface area contributed by atoms with Crippen molar-refractivity contribution in [1.82, 2.24) is 15.0 Å². The Balaban J connectivity index is 2.01. The van der Waals surface area contributed by atoms with Crippen molar-refractivity contribution in [3.05, 3.63) is 5.82 Å². The third kappa shape index (κ3) is 2.84. The number of anilines is 2. The summed E-state index contributed by atoms with van der Waals surface area (Å²) in [6.45, 7) is 5.03. The zero-order chi connectivity index (χ0) is 12.3. The Labute approximate surface area is 102 Å². The van der Waals surface area contributed by atoms with E-state index in [1.807, 2.05) is 6.92 Å². The van der Waals surface area contributed by atoms with Gasteiger partial charge in [0.1, 0.15) is 5.82 Å². The Hall–Kier alpha value is -1.39. The smallest absolute Gasteiger partial charge is 0.227 e. The van der Waals surface area contributed by atoms with Crippen molar-refractivity contribution < 1.29 is 0 Å². The molecule has 0 atom stereocenters. The monoisotopic (exact) mass is 235 g/mol. The second kappa shape index (κ2) is 4.85. The highest BCUT2D eigenvalue weighted by molar-refractivity contribution is 5.31. The highest BCUT2D eigenvalue weighted by Crippen LogP contribution is 2.40. The van der Waals surface area contributed by atoms with Crippen molar-refractivity contribution in [3.63, 3.8) is 0 Å². The predicted octanol–water partition coefficient (Wildman–Crippen LogP) is 2.14. The van der Waals surface area contributed by atoms with E-state index < -0.39 is 0 Å². The quantitative estimate of drug-likeness (QED) is 0.836. The van der Waals surface area contributed by atoms with Gasteiger partial charge in [-0.05, 0) is 31.6 Å². The average Bonchev–Trinajstić information content (AvgIpc) is 2.74. The number of nitrogens with two attached hydrogens (primary N) is 1. The molecule has 5 heteroatoms. The summed E-state index contributed by atoms with van der Waals surface area (Å²) < 4.78 is 0. The van der Waals surface area contributed by atoms with Crippen molar-refractivity contribution >= 4 is 11.9 Å². The summed E-state index contributed by atoms with van der Waals surface area (Å²) in [5.41, 5.74) is 6.03. The normalized spacial score (nSPS) is 18.2. The summed E-state index contributed by atoms with van der Waals surface area (Å²) in [5.74, 6) is 1.56. The second-order valence-electron chi connectivity index (χ2n) is 4.98. The van der Waals surface area contributed by atoms with Crippen LogP contribution in [0.2, 0.25) is 0 Å².